The van der Waals surface area contributed by atoms with E-state index in [1.807, 2.05) is 23.6 Å². The van der Waals surface area contributed by atoms with Crippen LogP contribution in [0.1, 0.15) is 37.3 Å². The molecule has 25 heavy (non-hydrogen) atoms. The number of carbonyl (C=O) groups excluding carboxylic acids is 1. The van der Waals surface area contributed by atoms with Crippen LogP contribution in [0.15, 0.2) is 39.8 Å². The third-order valence-corrected chi connectivity index (χ3v) is 4.40. The van der Waals surface area contributed by atoms with Crippen LogP contribution in [-0.2, 0) is 17.9 Å². The average molecular weight is 345 g/mol. The Bertz CT molecular complexity index is 796. The van der Waals surface area contributed by atoms with Crippen LogP contribution in [0.3, 0.4) is 0 Å². The molecule has 0 spiro atoms. The summed E-state index contributed by atoms with van der Waals surface area (Å²) in [5.41, 5.74) is 0.0914. The van der Waals surface area contributed by atoms with Crippen molar-refractivity contribution in [3.63, 3.8) is 0 Å². The first kappa shape index (κ1) is 17.3. The topological polar surface area (TPSA) is 76.7 Å². The zero-order chi connectivity index (χ0) is 17.8. The number of furan rings is 1. The van der Waals surface area contributed by atoms with Crippen LogP contribution in [-0.4, -0.2) is 29.2 Å². The van der Waals surface area contributed by atoms with E-state index in [2.05, 4.69) is 5.32 Å². The number of methoxy groups -OCH3 is 1. The van der Waals surface area contributed by atoms with Crippen molar-refractivity contribution in [1.82, 2.24) is 9.47 Å². The lowest BCUT2D eigenvalue weighted by atomic mass is 10.2. The van der Waals surface area contributed by atoms with Crippen molar-refractivity contribution in [2.75, 3.05) is 19.0 Å². The lowest BCUT2D eigenvalue weighted by Gasteiger charge is -2.23. The Labute approximate surface area is 146 Å². The van der Waals surface area contributed by atoms with Gasteiger partial charge >= 0.3 is 6.03 Å². The van der Waals surface area contributed by atoms with E-state index in [0.29, 0.717) is 18.8 Å². The molecule has 2 aromatic heterocycles. The van der Waals surface area contributed by atoms with Crippen LogP contribution in [0.25, 0.3) is 0 Å². The van der Waals surface area contributed by atoms with E-state index in [-0.39, 0.29) is 17.5 Å². The second-order valence-corrected chi connectivity index (χ2v) is 6.07. The maximum absolute atomic E-state index is 12.7. The molecule has 0 aliphatic carbocycles. The maximum Gasteiger partial charge on any atom is 0.322 e. The van der Waals surface area contributed by atoms with Gasteiger partial charge in [-0.15, -0.1) is 0 Å². The number of hydrogen-bond donors (Lipinski definition) is 1. The first-order valence-electron chi connectivity index (χ1n) is 8.47. The number of urea groups is 1. The molecule has 7 nitrogen and oxygen atoms in total. The van der Waals surface area contributed by atoms with Gasteiger partial charge in [0.25, 0.3) is 0 Å². The fraction of sp³-hybridized carbons (Fsp3) is 0.444. The fourth-order valence-corrected chi connectivity index (χ4v) is 3.10. The van der Waals surface area contributed by atoms with Crippen LogP contribution in [0.4, 0.5) is 10.5 Å². The zero-order valence-electron chi connectivity index (χ0n) is 14.5. The minimum absolute atomic E-state index is 0.122. The molecule has 1 aliphatic rings. The highest BCUT2D eigenvalue weighted by Crippen LogP contribution is 2.33. The SMILES string of the molecule is CCn1ccc(=O)c(NC(=O)N2CCC[C@@H]2c2ccc(COC)o2)c1. The maximum atomic E-state index is 12.7. The van der Waals surface area contributed by atoms with E-state index in [1.54, 1.807) is 24.4 Å². The van der Waals surface area contributed by atoms with Gasteiger partial charge in [0.1, 0.15) is 23.8 Å². The molecule has 0 aromatic carbocycles. The van der Waals surface area contributed by atoms with Crippen molar-refractivity contribution in [3.8, 4) is 0 Å². The van der Waals surface area contributed by atoms with Crippen LogP contribution >= 0.6 is 0 Å². The summed E-state index contributed by atoms with van der Waals surface area (Å²) < 4.78 is 12.7. The Morgan fingerprint density at radius 1 is 1.40 bits per heavy atom. The number of hydrogen-bond acceptors (Lipinski definition) is 4. The van der Waals surface area contributed by atoms with Crippen molar-refractivity contribution in [2.24, 2.45) is 0 Å². The summed E-state index contributed by atoms with van der Waals surface area (Å²) in [4.78, 5) is 26.4. The number of ether oxygens (including phenoxy) is 1. The largest absolute Gasteiger partial charge is 0.461 e. The number of aryl methyl sites for hydroxylation is 1. The number of amides is 2. The molecule has 0 radical (unpaired) electrons. The average Bonchev–Trinajstić information content (AvgIpc) is 3.26. The minimum Gasteiger partial charge on any atom is -0.461 e. The molecule has 2 amide bonds. The third-order valence-electron chi connectivity index (χ3n) is 4.40. The second kappa shape index (κ2) is 7.57. The lowest BCUT2D eigenvalue weighted by Crippen LogP contribution is -2.35. The summed E-state index contributed by atoms with van der Waals surface area (Å²) in [5, 5.41) is 2.75. The van der Waals surface area contributed by atoms with Gasteiger partial charge in [0, 0.05) is 38.7 Å². The molecule has 1 aliphatic heterocycles. The van der Waals surface area contributed by atoms with Crippen LogP contribution in [0, 0.1) is 0 Å². The van der Waals surface area contributed by atoms with Crippen LogP contribution < -0.4 is 10.7 Å². The molecule has 1 fully saturated rings. The molecule has 0 bridgehead atoms. The van der Waals surface area contributed by atoms with E-state index in [0.717, 1.165) is 30.9 Å². The van der Waals surface area contributed by atoms with Crippen molar-refractivity contribution in [2.45, 2.75) is 39.0 Å². The minimum atomic E-state index is -0.279. The van der Waals surface area contributed by atoms with Crippen LogP contribution in [0.5, 0.6) is 0 Å². The smallest absolute Gasteiger partial charge is 0.322 e. The molecule has 2 aromatic rings. The molecule has 3 rings (SSSR count). The number of aromatic nitrogens is 1. The Kier molecular flexibility index (Phi) is 5.23. The summed E-state index contributed by atoms with van der Waals surface area (Å²) in [6.45, 7) is 3.73. The van der Waals surface area contributed by atoms with Crippen molar-refractivity contribution in [1.29, 1.82) is 0 Å². The fourth-order valence-electron chi connectivity index (χ4n) is 3.10. The lowest BCUT2D eigenvalue weighted by molar-refractivity contribution is 0.157. The van der Waals surface area contributed by atoms with Gasteiger partial charge in [-0.3, -0.25) is 4.79 Å². The first-order chi connectivity index (χ1) is 12.1. The number of pyridine rings is 1. The Morgan fingerprint density at radius 3 is 3.00 bits per heavy atom. The number of nitrogens with one attached hydrogen (secondary N) is 1. The van der Waals surface area contributed by atoms with Gasteiger partial charge < -0.3 is 23.9 Å². The molecular formula is C18H23N3O4. The Morgan fingerprint density at radius 2 is 2.24 bits per heavy atom. The summed E-state index contributed by atoms with van der Waals surface area (Å²) in [7, 11) is 1.61. The second-order valence-electron chi connectivity index (χ2n) is 6.07. The summed E-state index contributed by atoms with van der Waals surface area (Å²) >= 11 is 0. The van der Waals surface area contributed by atoms with Gasteiger partial charge in [0.05, 0.1) is 6.04 Å². The summed E-state index contributed by atoms with van der Waals surface area (Å²) in [5.74, 6) is 1.48. The van der Waals surface area contributed by atoms with Crippen molar-refractivity contribution < 1.29 is 13.9 Å². The number of nitrogens with zero attached hydrogens (tertiary/aromatic N) is 2. The monoisotopic (exact) mass is 345 g/mol. The Balaban J connectivity index is 1.75. The van der Waals surface area contributed by atoms with Crippen molar-refractivity contribution >= 4 is 11.7 Å². The van der Waals surface area contributed by atoms with E-state index < -0.39 is 0 Å². The molecule has 0 saturated carbocycles. The molecule has 1 saturated heterocycles. The quantitative estimate of drug-likeness (QED) is 0.904. The first-order valence-corrected chi connectivity index (χ1v) is 8.47. The Hall–Kier alpha value is -2.54. The van der Waals surface area contributed by atoms with Crippen LogP contribution in [0.2, 0.25) is 0 Å². The summed E-state index contributed by atoms with van der Waals surface area (Å²) in [6.07, 6.45) is 5.10. The molecule has 1 N–H and O–H groups in total. The van der Waals surface area contributed by atoms with Gasteiger partial charge in [-0.2, -0.15) is 0 Å². The molecular weight excluding hydrogens is 322 g/mol. The van der Waals surface area contributed by atoms with Gasteiger partial charge in [0.15, 0.2) is 0 Å². The number of anilines is 1. The number of likely N-dealkylation sites (tertiary alicyclic amines) is 1. The molecule has 1 atom stereocenters. The normalized spacial score (nSPS) is 17.0. The van der Waals surface area contributed by atoms with Gasteiger partial charge in [-0.1, -0.05) is 0 Å². The predicted octanol–water partition coefficient (Wildman–Crippen LogP) is 2.98. The van der Waals surface area contributed by atoms with E-state index in [4.69, 9.17) is 9.15 Å². The van der Waals surface area contributed by atoms with Gasteiger partial charge in [-0.25, -0.2) is 4.79 Å². The van der Waals surface area contributed by atoms with Gasteiger partial charge in [-0.05, 0) is 31.9 Å². The van der Waals surface area contributed by atoms with Gasteiger partial charge in [0.2, 0.25) is 5.43 Å². The van der Waals surface area contributed by atoms with E-state index in [1.165, 1.54) is 6.07 Å². The third kappa shape index (κ3) is 3.76. The molecule has 134 valence electrons. The van der Waals surface area contributed by atoms with E-state index >= 15 is 0 Å². The van der Waals surface area contributed by atoms with Crippen molar-refractivity contribution in [3.05, 3.63) is 52.3 Å². The zero-order valence-corrected chi connectivity index (χ0v) is 14.5. The highest BCUT2D eigenvalue weighted by Gasteiger charge is 2.32. The predicted molar refractivity (Wildman–Crippen MR) is 93.5 cm³/mol. The number of carbonyl (C=O) groups is 1. The molecule has 0 unspecified atom stereocenters. The standard InChI is InChI=1S/C18H23N3O4/c1-3-20-10-8-16(22)14(11-20)19-18(23)21-9-4-5-15(21)17-7-6-13(25-17)12-24-2/h6-8,10-11,15H,3-5,9,12H2,1-2H3,(H,19,23)/t15-/m1/s1. The molecule has 3 heterocycles. The molecule has 7 heteroatoms. The number of rotatable bonds is 5. The van der Waals surface area contributed by atoms with E-state index in [9.17, 15) is 9.59 Å². The highest BCUT2D eigenvalue weighted by molar-refractivity contribution is 5.89. The highest BCUT2D eigenvalue weighted by atomic mass is 16.5. The summed E-state index contributed by atoms with van der Waals surface area (Å²) in [6, 6.07) is 4.81.